The minimum atomic E-state index is -0.664. The number of hydrogen-bond donors (Lipinski definition) is 2. The first-order chi connectivity index (χ1) is 15.2. The minimum absolute atomic E-state index is 0.353. The molecule has 1 aliphatic heterocycles. The summed E-state index contributed by atoms with van der Waals surface area (Å²) in [6.45, 7) is 4.49. The number of nitrogens with zero attached hydrogens (tertiary/aromatic N) is 1. The Morgan fingerprint density at radius 2 is 1.55 bits per heavy atom. The lowest BCUT2D eigenvalue weighted by Crippen LogP contribution is -2.47. The Morgan fingerprint density at radius 3 is 2.19 bits per heavy atom. The average molecular weight is 423 g/mol. The van der Waals surface area contributed by atoms with Gasteiger partial charge in [-0.05, 0) is 80.3 Å². The van der Waals surface area contributed by atoms with Crippen molar-refractivity contribution >= 4 is 0 Å². The van der Waals surface area contributed by atoms with Crippen molar-refractivity contribution < 1.29 is 9.84 Å². The molecule has 2 aromatic carbocycles. The smallest absolute Gasteiger partial charge is 0.119 e. The molecule has 4 nitrogen and oxygen atoms in total. The Balaban J connectivity index is 1.27. The zero-order valence-electron chi connectivity index (χ0n) is 18.7. The van der Waals surface area contributed by atoms with Gasteiger partial charge in [0.2, 0.25) is 0 Å². The molecule has 4 rings (SSSR count). The molecule has 1 saturated carbocycles. The second-order valence-corrected chi connectivity index (χ2v) is 9.34. The third kappa shape index (κ3) is 5.31. The van der Waals surface area contributed by atoms with E-state index >= 15 is 0 Å². The van der Waals surface area contributed by atoms with E-state index in [1.54, 1.807) is 0 Å². The highest BCUT2D eigenvalue weighted by Crippen LogP contribution is 2.48. The van der Waals surface area contributed by atoms with Crippen LogP contribution in [0.3, 0.4) is 0 Å². The summed E-state index contributed by atoms with van der Waals surface area (Å²) >= 11 is 0. The monoisotopic (exact) mass is 422 g/mol. The highest BCUT2D eigenvalue weighted by atomic mass is 16.5. The van der Waals surface area contributed by atoms with Crippen molar-refractivity contribution in [1.29, 1.82) is 0 Å². The third-order valence-electron chi connectivity index (χ3n) is 7.47. The summed E-state index contributed by atoms with van der Waals surface area (Å²) in [5, 5.41) is 12.0. The summed E-state index contributed by atoms with van der Waals surface area (Å²) < 4.78 is 5.89. The molecule has 2 fully saturated rings. The van der Waals surface area contributed by atoms with Crippen LogP contribution in [0.25, 0.3) is 0 Å². The van der Waals surface area contributed by atoms with Crippen LogP contribution in [0.15, 0.2) is 54.6 Å². The first-order valence-corrected chi connectivity index (χ1v) is 12.1. The van der Waals surface area contributed by atoms with Gasteiger partial charge < -0.3 is 20.5 Å². The summed E-state index contributed by atoms with van der Waals surface area (Å²) in [5.41, 5.74) is 7.24. The summed E-state index contributed by atoms with van der Waals surface area (Å²) in [7, 11) is 0. The predicted molar refractivity (Wildman–Crippen MR) is 126 cm³/mol. The van der Waals surface area contributed by atoms with Gasteiger partial charge >= 0.3 is 0 Å². The molecule has 0 bridgehead atoms. The number of piperidine rings is 1. The van der Waals surface area contributed by atoms with Crippen molar-refractivity contribution in [2.24, 2.45) is 17.6 Å². The molecule has 2 aromatic rings. The van der Waals surface area contributed by atoms with E-state index in [1.165, 1.54) is 12.8 Å². The molecule has 0 spiro atoms. The van der Waals surface area contributed by atoms with Crippen molar-refractivity contribution in [2.45, 2.75) is 57.1 Å². The van der Waals surface area contributed by atoms with Crippen LogP contribution in [0.5, 0.6) is 5.75 Å². The van der Waals surface area contributed by atoms with Crippen molar-refractivity contribution in [2.75, 3.05) is 26.2 Å². The standard InChI is InChI=1S/C27H38N2O2/c28-21-22-11-13-26(14-12-22)31-20-6-17-29-18-15-25(16-19-29)27(30,24-9-4-5-10-24)23-7-2-1-3-8-23/h1-3,7-8,11-14,24-25,30H,4-6,9-10,15-21,28H2/t27-/m0/s1. The molecule has 31 heavy (non-hydrogen) atoms. The number of rotatable bonds is 9. The maximum atomic E-state index is 12.0. The summed E-state index contributed by atoms with van der Waals surface area (Å²) in [6.07, 6.45) is 8.01. The van der Waals surface area contributed by atoms with Gasteiger partial charge in [-0.25, -0.2) is 0 Å². The van der Waals surface area contributed by atoms with Crippen LogP contribution in [-0.4, -0.2) is 36.2 Å². The average Bonchev–Trinajstić information content (AvgIpc) is 3.38. The molecule has 4 heteroatoms. The number of ether oxygens (including phenoxy) is 1. The lowest BCUT2D eigenvalue weighted by molar-refractivity contribution is -0.0934. The van der Waals surface area contributed by atoms with Gasteiger partial charge in [0.25, 0.3) is 0 Å². The minimum Gasteiger partial charge on any atom is -0.494 e. The molecule has 168 valence electrons. The first kappa shape index (κ1) is 22.3. The van der Waals surface area contributed by atoms with Gasteiger partial charge in [-0.2, -0.15) is 0 Å². The Labute approximate surface area is 187 Å². The van der Waals surface area contributed by atoms with E-state index in [0.29, 0.717) is 18.4 Å². The van der Waals surface area contributed by atoms with Gasteiger partial charge in [0.1, 0.15) is 5.75 Å². The van der Waals surface area contributed by atoms with Gasteiger partial charge in [-0.15, -0.1) is 0 Å². The van der Waals surface area contributed by atoms with Gasteiger partial charge in [0, 0.05) is 13.1 Å². The van der Waals surface area contributed by atoms with E-state index < -0.39 is 5.60 Å². The van der Waals surface area contributed by atoms with Crippen LogP contribution in [0.2, 0.25) is 0 Å². The van der Waals surface area contributed by atoms with E-state index in [-0.39, 0.29) is 0 Å². The van der Waals surface area contributed by atoms with E-state index in [1.807, 2.05) is 24.3 Å². The number of benzene rings is 2. The van der Waals surface area contributed by atoms with Gasteiger partial charge in [0.15, 0.2) is 0 Å². The second kappa shape index (κ2) is 10.6. The molecule has 0 amide bonds. The van der Waals surface area contributed by atoms with Crippen molar-refractivity contribution in [3.63, 3.8) is 0 Å². The highest BCUT2D eigenvalue weighted by molar-refractivity contribution is 5.27. The number of aliphatic hydroxyl groups is 1. The molecule has 3 N–H and O–H groups in total. The predicted octanol–water partition coefficient (Wildman–Crippen LogP) is 4.70. The van der Waals surface area contributed by atoms with Gasteiger partial charge in [-0.3, -0.25) is 0 Å². The fourth-order valence-electron chi connectivity index (χ4n) is 5.67. The molecule has 0 radical (unpaired) electrons. The Kier molecular flexibility index (Phi) is 7.65. The lowest BCUT2D eigenvalue weighted by atomic mass is 9.68. The summed E-state index contributed by atoms with van der Waals surface area (Å²) in [4.78, 5) is 2.54. The largest absolute Gasteiger partial charge is 0.494 e. The fraction of sp³-hybridized carbons (Fsp3) is 0.556. The summed E-state index contributed by atoms with van der Waals surface area (Å²) in [6, 6.07) is 18.5. The van der Waals surface area contributed by atoms with Gasteiger partial charge in [0.05, 0.1) is 12.2 Å². The second-order valence-electron chi connectivity index (χ2n) is 9.34. The zero-order valence-corrected chi connectivity index (χ0v) is 18.7. The molecule has 0 aromatic heterocycles. The number of nitrogens with two attached hydrogens (primary N) is 1. The van der Waals surface area contributed by atoms with Crippen LogP contribution in [0.4, 0.5) is 0 Å². The maximum absolute atomic E-state index is 12.0. The zero-order chi connectivity index (χ0) is 21.5. The van der Waals surface area contributed by atoms with Crippen molar-refractivity contribution in [1.82, 2.24) is 4.90 Å². The highest BCUT2D eigenvalue weighted by Gasteiger charge is 2.46. The first-order valence-electron chi connectivity index (χ1n) is 12.1. The van der Waals surface area contributed by atoms with Crippen LogP contribution < -0.4 is 10.5 Å². The Hall–Kier alpha value is -1.88. The van der Waals surface area contributed by atoms with Crippen molar-refractivity contribution in [3.05, 3.63) is 65.7 Å². The molecule has 1 saturated heterocycles. The molecule has 1 heterocycles. The SMILES string of the molecule is NCc1ccc(OCCCN2CCC([C@](O)(c3ccccc3)C3CCCC3)CC2)cc1. The number of likely N-dealkylation sites (tertiary alicyclic amines) is 1. The van der Waals surface area contributed by atoms with E-state index in [2.05, 4.69) is 35.2 Å². The normalized spacial score (nSPS) is 20.6. The molecule has 1 aliphatic carbocycles. The molecule has 1 atom stereocenters. The van der Waals surface area contributed by atoms with Crippen LogP contribution in [0, 0.1) is 11.8 Å². The van der Waals surface area contributed by atoms with E-state index in [4.69, 9.17) is 10.5 Å². The van der Waals surface area contributed by atoms with E-state index in [9.17, 15) is 5.11 Å². The van der Waals surface area contributed by atoms with E-state index in [0.717, 1.165) is 75.2 Å². The third-order valence-corrected chi connectivity index (χ3v) is 7.47. The van der Waals surface area contributed by atoms with Crippen LogP contribution in [-0.2, 0) is 12.1 Å². The molecular formula is C27H38N2O2. The van der Waals surface area contributed by atoms with Crippen LogP contribution in [0.1, 0.15) is 56.1 Å². The Morgan fingerprint density at radius 1 is 0.903 bits per heavy atom. The van der Waals surface area contributed by atoms with Crippen LogP contribution >= 0.6 is 0 Å². The summed E-state index contributed by atoms with van der Waals surface area (Å²) in [5.74, 6) is 1.68. The topological polar surface area (TPSA) is 58.7 Å². The molecular weight excluding hydrogens is 384 g/mol. The molecule has 2 aliphatic rings. The van der Waals surface area contributed by atoms with Gasteiger partial charge in [-0.1, -0.05) is 55.3 Å². The fourth-order valence-corrected chi connectivity index (χ4v) is 5.67. The molecule has 0 unspecified atom stereocenters. The maximum Gasteiger partial charge on any atom is 0.119 e. The quantitative estimate of drug-likeness (QED) is 0.575. The lowest BCUT2D eigenvalue weighted by Gasteiger charge is -2.45. The van der Waals surface area contributed by atoms with Crippen molar-refractivity contribution in [3.8, 4) is 5.75 Å². The Bertz CT molecular complexity index is 781. The number of hydrogen-bond acceptors (Lipinski definition) is 4.